The van der Waals surface area contributed by atoms with E-state index in [2.05, 4.69) is 10.2 Å². The minimum absolute atomic E-state index is 0.124. The van der Waals surface area contributed by atoms with E-state index in [1.807, 2.05) is 9.80 Å². The molecule has 0 atom stereocenters. The fourth-order valence-electron chi connectivity index (χ4n) is 2.47. The Morgan fingerprint density at radius 3 is 2.11 bits per heavy atom. The highest BCUT2D eigenvalue weighted by Crippen LogP contribution is 2.07. The molecule has 0 saturated carbocycles. The number of carbonyl (C=O) groups is 2. The molecule has 0 radical (unpaired) electrons. The molecule has 2 fully saturated rings. The van der Waals surface area contributed by atoms with Crippen molar-refractivity contribution < 1.29 is 14.7 Å². The number of carboxylic acids is 1. The van der Waals surface area contributed by atoms with Crippen LogP contribution in [0.2, 0.25) is 0 Å². The summed E-state index contributed by atoms with van der Waals surface area (Å²) in [6, 6.07) is 0.124. The van der Waals surface area contributed by atoms with Gasteiger partial charge in [-0.3, -0.25) is 9.69 Å². The zero-order chi connectivity index (χ0) is 13.7. The summed E-state index contributed by atoms with van der Waals surface area (Å²) in [5.41, 5.74) is 0. The number of amides is 2. The van der Waals surface area contributed by atoms with Gasteiger partial charge in [-0.1, -0.05) is 0 Å². The van der Waals surface area contributed by atoms with Crippen LogP contribution in [0.3, 0.4) is 0 Å². The second kappa shape index (κ2) is 6.72. The lowest BCUT2D eigenvalue weighted by atomic mass is 10.3. The smallest absolute Gasteiger partial charge is 0.320 e. The molecule has 2 aliphatic heterocycles. The van der Waals surface area contributed by atoms with Gasteiger partial charge in [0.1, 0.15) is 0 Å². The van der Waals surface area contributed by atoms with Gasteiger partial charge in [0.05, 0.1) is 6.42 Å². The normalized spacial score (nSPS) is 21.5. The molecule has 0 spiro atoms. The molecule has 2 amide bonds. The summed E-state index contributed by atoms with van der Waals surface area (Å²) >= 11 is 0. The molecule has 0 aromatic carbocycles. The molecule has 108 valence electrons. The number of carbonyl (C=O) groups excluding carboxylic acids is 1. The van der Waals surface area contributed by atoms with Crippen LogP contribution >= 0.6 is 0 Å². The Balaban J connectivity index is 1.72. The van der Waals surface area contributed by atoms with Crippen LogP contribution < -0.4 is 5.32 Å². The number of piperazine rings is 2. The maximum absolute atomic E-state index is 12.2. The number of carboxylic acid groups (broad SMARTS) is 1. The van der Waals surface area contributed by atoms with E-state index in [1.165, 1.54) is 0 Å². The number of nitrogens with zero attached hydrogens (tertiary/aromatic N) is 3. The van der Waals surface area contributed by atoms with Gasteiger partial charge in [-0.15, -0.1) is 0 Å². The van der Waals surface area contributed by atoms with Crippen LogP contribution in [0.5, 0.6) is 0 Å². The lowest BCUT2D eigenvalue weighted by Crippen LogP contribution is -2.56. The van der Waals surface area contributed by atoms with Crippen LogP contribution in [-0.2, 0) is 4.79 Å². The first kappa shape index (κ1) is 14.1. The Morgan fingerprint density at radius 1 is 0.947 bits per heavy atom. The molecule has 0 aromatic heterocycles. The van der Waals surface area contributed by atoms with E-state index >= 15 is 0 Å². The number of hydrogen-bond acceptors (Lipinski definition) is 4. The summed E-state index contributed by atoms with van der Waals surface area (Å²) in [6.07, 6.45) is 0.172. The van der Waals surface area contributed by atoms with Crippen LogP contribution in [0.1, 0.15) is 6.42 Å². The van der Waals surface area contributed by atoms with Gasteiger partial charge < -0.3 is 20.2 Å². The topological polar surface area (TPSA) is 76.1 Å². The highest BCUT2D eigenvalue weighted by atomic mass is 16.4. The number of hydrogen-bond donors (Lipinski definition) is 2. The summed E-state index contributed by atoms with van der Waals surface area (Å²) in [6.45, 7) is 6.79. The third kappa shape index (κ3) is 4.07. The van der Waals surface area contributed by atoms with Crippen molar-refractivity contribution in [2.45, 2.75) is 6.42 Å². The van der Waals surface area contributed by atoms with Crippen LogP contribution in [0.4, 0.5) is 4.79 Å². The Bertz CT molecular complexity index is 323. The van der Waals surface area contributed by atoms with E-state index in [-0.39, 0.29) is 12.5 Å². The van der Waals surface area contributed by atoms with Crippen molar-refractivity contribution in [2.75, 3.05) is 58.9 Å². The van der Waals surface area contributed by atoms with Crippen molar-refractivity contribution >= 4 is 12.0 Å². The Morgan fingerprint density at radius 2 is 1.53 bits per heavy atom. The number of rotatable bonds is 3. The van der Waals surface area contributed by atoms with E-state index in [1.54, 1.807) is 0 Å². The molecule has 2 aliphatic rings. The predicted molar refractivity (Wildman–Crippen MR) is 70.1 cm³/mol. The number of aliphatic carboxylic acids is 1. The van der Waals surface area contributed by atoms with E-state index in [0.29, 0.717) is 19.6 Å². The highest BCUT2D eigenvalue weighted by Gasteiger charge is 2.25. The lowest BCUT2D eigenvalue weighted by molar-refractivity contribution is -0.137. The zero-order valence-electron chi connectivity index (χ0n) is 11.2. The van der Waals surface area contributed by atoms with Crippen LogP contribution in [0, 0.1) is 0 Å². The minimum atomic E-state index is -0.765. The van der Waals surface area contributed by atoms with Crippen molar-refractivity contribution in [3.8, 4) is 0 Å². The van der Waals surface area contributed by atoms with Gasteiger partial charge in [0.25, 0.3) is 0 Å². The third-order valence-electron chi connectivity index (χ3n) is 3.67. The molecule has 2 rings (SSSR count). The summed E-state index contributed by atoms with van der Waals surface area (Å²) in [5, 5.41) is 11.9. The summed E-state index contributed by atoms with van der Waals surface area (Å²) in [4.78, 5) is 28.6. The Hall–Kier alpha value is -1.34. The van der Waals surface area contributed by atoms with Gasteiger partial charge in [-0.05, 0) is 0 Å². The number of nitrogens with one attached hydrogen (secondary N) is 1. The van der Waals surface area contributed by atoms with Gasteiger partial charge in [-0.25, -0.2) is 4.79 Å². The monoisotopic (exact) mass is 270 g/mol. The molecule has 2 N–H and O–H groups in total. The summed E-state index contributed by atoms with van der Waals surface area (Å²) in [5.74, 6) is -0.765. The largest absolute Gasteiger partial charge is 0.481 e. The quantitative estimate of drug-likeness (QED) is 0.695. The Kier molecular flexibility index (Phi) is 4.98. The van der Waals surface area contributed by atoms with Crippen molar-refractivity contribution in [3.05, 3.63) is 0 Å². The number of urea groups is 1. The third-order valence-corrected chi connectivity index (χ3v) is 3.67. The van der Waals surface area contributed by atoms with Crippen molar-refractivity contribution in [2.24, 2.45) is 0 Å². The van der Waals surface area contributed by atoms with Gasteiger partial charge in [0, 0.05) is 58.9 Å². The average molecular weight is 270 g/mol. The summed E-state index contributed by atoms with van der Waals surface area (Å²) < 4.78 is 0. The molecule has 19 heavy (non-hydrogen) atoms. The highest BCUT2D eigenvalue weighted by molar-refractivity contribution is 5.74. The SMILES string of the molecule is O=C(O)CCN1CCN(C(=O)N2CCNCC2)CC1. The van der Waals surface area contributed by atoms with E-state index < -0.39 is 5.97 Å². The second-order valence-corrected chi connectivity index (χ2v) is 4.99. The fourth-order valence-corrected chi connectivity index (χ4v) is 2.47. The van der Waals surface area contributed by atoms with Crippen molar-refractivity contribution in [3.63, 3.8) is 0 Å². The maximum Gasteiger partial charge on any atom is 0.320 e. The van der Waals surface area contributed by atoms with Crippen molar-refractivity contribution in [1.82, 2.24) is 20.0 Å². The molecule has 2 heterocycles. The van der Waals surface area contributed by atoms with E-state index in [0.717, 1.165) is 39.3 Å². The standard InChI is InChI=1S/C12H22N4O3/c17-11(18)1-4-14-7-9-16(10-8-14)12(19)15-5-2-13-3-6-15/h13H,1-10H2,(H,17,18). The summed E-state index contributed by atoms with van der Waals surface area (Å²) in [7, 11) is 0. The Labute approximate surface area is 113 Å². The van der Waals surface area contributed by atoms with Crippen LogP contribution in [0.15, 0.2) is 0 Å². The molecule has 0 aliphatic carbocycles. The van der Waals surface area contributed by atoms with Gasteiger partial charge in [0.2, 0.25) is 0 Å². The molecule has 0 aromatic rings. The molecular weight excluding hydrogens is 248 g/mol. The van der Waals surface area contributed by atoms with Crippen molar-refractivity contribution in [1.29, 1.82) is 0 Å². The molecule has 7 heteroatoms. The first-order chi connectivity index (χ1) is 9.16. The molecule has 2 saturated heterocycles. The molecule has 0 unspecified atom stereocenters. The average Bonchev–Trinajstić information content (AvgIpc) is 2.46. The molecule has 7 nitrogen and oxygen atoms in total. The predicted octanol–water partition coefficient (Wildman–Crippen LogP) is -0.896. The lowest BCUT2D eigenvalue weighted by Gasteiger charge is -2.38. The van der Waals surface area contributed by atoms with E-state index in [9.17, 15) is 9.59 Å². The first-order valence-corrected chi connectivity index (χ1v) is 6.85. The van der Waals surface area contributed by atoms with Gasteiger partial charge >= 0.3 is 12.0 Å². The van der Waals surface area contributed by atoms with Crippen LogP contribution in [0.25, 0.3) is 0 Å². The zero-order valence-corrected chi connectivity index (χ0v) is 11.2. The fraction of sp³-hybridized carbons (Fsp3) is 0.833. The minimum Gasteiger partial charge on any atom is -0.481 e. The second-order valence-electron chi connectivity index (χ2n) is 4.99. The van der Waals surface area contributed by atoms with Gasteiger partial charge in [-0.2, -0.15) is 0 Å². The maximum atomic E-state index is 12.2. The molecule has 0 bridgehead atoms. The first-order valence-electron chi connectivity index (χ1n) is 6.85. The molecular formula is C12H22N4O3. The van der Waals surface area contributed by atoms with E-state index in [4.69, 9.17) is 5.11 Å². The van der Waals surface area contributed by atoms with Crippen LogP contribution in [-0.4, -0.2) is 90.7 Å². The van der Waals surface area contributed by atoms with Gasteiger partial charge in [0.15, 0.2) is 0 Å².